The molecule has 0 radical (unpaired) electrons. The first-order valence-corrected chi connectivity index (χ1v) is 6.18. The van der Waals surface area contributed by atoms with Crippen molar-refractivity contribution in [2.24, 2.45) is 0 Å². The second-order valence-electron chi connectivity index (χ2n) is 4.28. The number of aryl methyl sites for hydroxylation is 1. The lowest BCUT2D eigenvalue weighted by molar-refractivity contribution is 0.0523. The molecule has 0 aliphatic carbocycles. The Kier molecular flexibility index (Phi) is 3.97. The van der Waals surface area contributed by atoms with Gasteiger partial charge in [-0.1, -0.05) is 5.16 Å². The van der Waals surface area contributed by atoms with Crippen molar-refractivity contribution in [1.82, 2.24) is 14.7 Å². The number of carbonyl (C=O) groups is 1. The fourth-order valence-electron chi connectivity index (χ4n) is 2.03. The van der Waals surface area contributed by atoms with Crippen molar-refractivity contribution in [3.8, 4) is 0 Å². The molecule has 2 aromatic rings. The van der Waals surface area contributed by atoms with Crippen molar-refractivity contribution in [2.45, 2.75) is 27.3 Å². The molecule has 0 aliphatic heterocycles. The Balaban J connectivity index is 2.49. The van der Waals surface area contributed by atoms with Crippen LogP contribution in [0.2, 0.25) is 0 Å². The van der Waals surface area contributed by atoms with Gasteiger partial charge in [-0.25, -0.2) is 4.79 Å². The molecule has 0 fully saturated rings. The van der Waals surface area contributed by atoms with Crippen molar-refractivity contribution in [2.75, 3.05) is 6.61 Å². The molecule has 106 valence electrons. The number of aromatic nitrogens is 3. The van der Waals surface area contributed by atoms with E-state index in [-0.39, 0.29) is 18.7 Å². The minimum Gasteiger partial charge on any atom is -0.462 e. The molecule has 7 heteroatoms. The molecule has 0 bridgehead atoms. The SMILES string of the molecule is CCOC(=O)c1c(C)cc(=O)n(Cc2ncon2)c1C. The van der Waals surface area contributed by atoms with Gasteiger partial charge in [0.05, 0.1) is 18.7 Å². The maximum absolute atomic E-state index is 12.0. The number of pyridine rings is 1. The van der Waals surface area contributed by atoms with Gasteiger partial charge in [-0.15, -0.1) is 0 Å². The van der Waals surface area contributed by atoms with Gasteiger partial charge in [0.25, 0.3) is 5.56 Å². The topological polar surface area (TPSA) is 87.2 Å². The fraction of sp³-hybridized carbons (Fsp3) is 0.385. The Morgan fingerprint density at radius 3 is 2.80 bits per heavy atom. The number of rotatable bonds is 4. The molecular formula is C13H15N3O4. The zero-order valence-corrected chi connectivity index (χ0v) is 11.5. The number of esters is 1. The Morgan fingerprint density at radius 2 is 2.20 bits per heavy atom. The third-order valence-electron chi connectivity index (χ3n) is 2.95. The lowest BCUT2D eigenvalue weighted by Crippen LogP contribution is -2.27. The first-order valence-electron chi connectivity index (χ1n) is 6.18. The van der Waals surface area contributed by atoms with Crippen molar-refractivity contribution >= 4 is 5.97 Å². The predicted octanol–water partition coefficient (Wildman–Crippen LogP) is 1.07. The van der Waals surface area contributed by atoms with E-state index in [2.05, 4.69) is 14.7 Å². The molecule has 2 heterocycles. The van der Waals surface area contributed by atoms with Crippen molar-refractivity contribution in [1.29, 1.82) is 0 Å². The standard InChI is InChI=1S/C13H15N3O4/c1-4-19-13(18)12-8(2)5-11(17)16(9(12)3)6-10-14-7-20-15-10/h5,7H,4,6H2,1-3H3. The number of hydrogen-bond acceptors (Lipinski definition) is 6. The van der Waals surface area contributed by atoms with Crippen LogP contribution in [0.4, 0.5) is 0 Å². The van der Waals surface area contributed by atoms with Gasteiger partial charge in [0.1, 0.15) is 0 Å². The minimum absolute atomic E-state index is 0.147. The lowest BCUT2D eigenvalue weighted by Gasteiger charge is -2.14. The van der Waals surface area contributed by atoms with Crippen LogP contribution in [-0.4, -0.2) is 27.3 Å². The van der Waals surface area contributed by atoms with Crippen LogP contribution < -0.4 is 5.56 Å². The van der Waals surface area contributed by atoms with Gasteiger partial charge >= 0.3 is 5.97 Å². The van der Waals surface area contributed by atoms with Crippen LogP contribution in [0.15, 0.2) is 21.8 Å². The van der Waals surface area contributed by atoms with Crippen molar-refractivity contribution in [3.05, 3.63) is 45.5 Å². The van der Waals surface area contributed by atoms with Gasteiger partial charge in [-0.2, -0.15) is 4.98 Å². The van der Waals surface area contributed by atoms with Gasteiger partial charge in [0, 0.05) is 11.8 Å². The van der Waals surface area contributed by atoms with E-state index in [9.17, 15) is 9.59 Å². The van der Waals surface area contributed by atoms with E-state index >= 15 is 0 Å². The Bertz CT molecular complexity index is 674. The van der Waals surface area contributed by atoms with Gasteiger partial charge < -0.3 is 13.8 Å². The number of nitrogens with zero attached hydrogens (tertiary/aromatic N) is 3. The minimum atomic E-state index is -0.440. The normalized spacial score (nSPS) is 10.6. The van der Waals surface area contributed by atoms with Crippen LogP contribution in [-0.2, 0) is 11.3 Å². The Hall–Kier alpha value is -2.44. The van der Waals surface area contributed by atoms with E-state index in [1.807, 2.05) is 0 Å². The van der Waals surface area contributed by atoms with Crippen LogP contribution in [0.3, 0.4) is 0 Å². The van der Waals surface area contributed by atoms with Crippen molar-refractivity contribution < 1.29 is 14.1 Å². The first-order chi connectivity index (χ1) is 9.54. The summed E-state index contributed by atoms with van der Waals surface area (Å²) in [5.41, 5.74) is 1.29. The molecule has 2 rings (SSSR count). The van der Waals surface area contributed by atoms with E-state index in [0.717, 1.165) is 0 Å². The van der Waals surface area contributed by atoms with Gasteiger partial charge in [-0.3, -0.25) is 4.79 Å². The smallest absolute Gasteiger partial charge is 0.340 e. The molecule has 2 aromatic heterocycles. The molecule has 20 heavy (non-hydrogen) atoms. The van der Waals surface area contributed by atoms with E-state index in [1.165, 1.54) is 17.0 Å². The second kappa shape index (κ2) is 5.68. The third kappa shape index (κ3) is 2.61. The quantitative estimate of drug-likeness (QED) is 0.777. The number of hydrogen-bond donors (Lipinski definition) is 0. The predicted molar refractivity (Wildman–Crippen MR) is 69.5 cm³/mol. The first kappa shape index (κ1) is 14.0. The van der Waals surface area contributed by atoms with E-state index < -0.39 is 5.97 Å². The molecule has 0 unspecified atom stereocenters. The summed E-state index contributed by atoms with van der Waals surface area (Å²) in [5, 5.41) is 3.67. The summed E-state index contributed by atoms with van der Waals surface area (Å²) in [4.78, 5) is 27.9. The lowest BCUT2D eigenvalue weighted by atomic mass is 10.1. The molecule has 0 spiro atoms. The maximum atomic E-state index is 12.0. The maximum Gasteiger partial charge on any atom is 0.340 e. The average Bonchev–Trinajstić information content (AvgIpc) is 2.87. The molecule has 7 nitrogen and oxygen atoms in total. The molecule has 0 N–H and O–H groups in total. The summed E-state index contributed by atoms with van der Waals surface area (Å²) < 4.78 is 11.1. The molecule has 0 saturated heterocycles. The summed E-state index contributed by atoms with van der Waals surface area (Å²) in [6.45, 7) is 5.56. The monoisotopic (exact) mass is 277 g/mol. The summed E-state index contributed by atoms with van der Waals surface area (Å²) in [6.07, 6.45) is 1.19. The summed E-state index contributed by atoms with van der Waals surface area (Å²) in [6, 6.07) is 1.40. The molecule has 0 atom stereocenters. The van der Waals surface area contributed by atoms with Crippen LogP contribution in [0.25, 0.3) is 0 Å². The molecule has 0 aliphatic rings. The van der Waals surface area contributed by atoms with Crippen LogP contribution in [0.5, 0.6) is 0 Å². The highest BCUT2D eigenvalue weighted by Gasteiger charge is 2.18. The Morgan fingerprint density at radius 1 is 1.45 bits per heavy atom. The zero-order valence-electron chi connectivity index (χ0n) is 11.5. The number of ether oxygens (including phenoxy) is 1. The summed E-state index contributed by atoms with van der Waals surface area (Å²) in [5.74, 6) is -0.0711. The second-order valence-corrected chi connectivity index (χ2v) is 4.28. The van der Waals surface area contributed by atoms with Gasteiger partial charge in [0.15, 0.2) is 5.82 Å². The van der Waals surface area contributed by atoms with Gasteiger partial charge in [-0.05, 0) is 26.3 Å². The third-order valence-corrected chi connectivity index (χ3v) is 2.95. The highest BCUT2D eigenvalue weighted by molar-refractivity contribution is 5.92. The number of carbonyl (C=O) groups excluding carboxylic acids is 1. The van der Waals surface area contributed by atoms with E-state index in [4.69, 9.17) is 4.74 Å². The van der Waals surface area contributed by atoms with E-state index in [1.54, 1.807) is 20.8 Å². The van der Waals surface area contributed by atoms with Crippen LogP contribution >= 0.6 is 0 Å². The zero-order chi connectivity index (χ0) is 14.7. The average molecular weight is 277 g/mol. The van der Waals surface area contributed by atoms with Gasteiger partial charge in [0.2, 0.25) is 6.39 Å². The van der Waals surface area contributed by atoms with E-state index in [0.29, 0.717) is 22.6 Å². The molecule has 0 aromatic carbocycles. The largest absolute Gasteiger partial charge is 0.462 e. The molecule has 0 saturated carbocycles. The van der Waals surface area contributed by atoms with Crippen LogP contribution in [0.1, 0.15) is 34.4 Å². The Labute approximate surface area is 115 Å². The molecule has 0 amide bonds. The fourth-order valence-corrected chi connectivity index (χ4v) is 2.03. The van der Waals surface area contributed by atoms with Crippen LogP contribution in [0, 0.1) is 13.8 Å². The van der Waals surface area contributed by atoms with Crippen molar-refractivity contribution in [3.63, 3.8) is 0 Å². The molecular weight excluding hydrogens is 262 g/mol. The summed E-state index contributed by atoms with van der Waals surface area (Å²) in [7, 11) is 0. The highest BCUT2D eigenvalue weighted by Crippen LogP contribution is 2.13. The highest BCUT2D eigenvalue weighted by atomic mass is 16.5. The summed E-state index contributed by atoms with van der Waals surface area (Å²) >= 11 is 0.